The number of ether oxygens (including phenoxy) is 1. The Bertz CT molecular complexity index is 550. The molecule has 2 atom stereocenters. The average Bonchev–Trinajstić information content (AvgIpc) is 3.11. The second-order valence-corrected chi connectivity index (χ2v) is 6.47. The number of amides is 1. The highest BCUT2D eigenvalue weighted by molar-refractivity contribution is 5.94. The van der Waals surface area contributed by atoms with E-state index in [1.54, 1.807) is 0 Å². The quantitative estimate of drug-likeness (QED) is 0.793. The largest absolute Gasteiger partial charge is 0.368 e. The van der Waals surface area contributed by atoms with Gasteiger partial charge in [0.1, 0.15) is 6.10 Å². The SMILES string of the molecule is O=C(Nc1cccc(CNCC2CC=CCC2)c1)C1CCCO1. The molecule has 3 rings (SSSR count). The maximum atomic E-state index is 12.1. The highest BCUT2D eigenvalue weighted by Gasteiger charge is 2.23. The van der Waals surface area contributed by atoms with Gasteiger partial charge >= 0.3 is 0 Å². The van der Waals surface area contributed by atoms with E-state index in [-0.39, 0.29) is 12.0 Å². The molecule has 4 heteroatoms. The molecule has 2 unspecified atom stereocenters. The number of hydrogen-bond donors (Lipinski definition) is 2. The third-order valence-electron chi connectivity index (χ3n) is 4.56. The van der Waals surface area contributed by atoms with Crippen molar-refractivity contribution in [3.05, 3.63) is 42.0 Å². The summed E-state index contributed by atoms with van der Waals surface area (Å²) in [7, 11) is 0. The first-order valence-electron chi connectivity index (χ1n) is 8.68. The Kier molecular flexibility index (Phi) is 5.83. The molecule has 1 saturated heterocycles. The fourth-order valence-corrected chi connectivity index (χ4v) is 3.23. The molecule has 0 radical (unpaired) electrons. The molecule has 1 fully saturated rings. The number of benzene rings is 1. The molecule has 1 aliphatic carbocycles. The molecule has 2 aliphatic rings. The van der Waals surface area contributed by atoms with Crippen LogP contribution >= 0.6 is 0 Å². The lowest BCUT2D eigenvalue weighted by Crippen LogP contribution is -2.27. The van der Waals surface area contributed by atoms with E-state index in [4.69, 9.17) is 4.74 Å². The number of anilines is 1. The molecule has 0 bridgehead atoms. The van der Waals surface area contributed by atoms with Gasteiger partial charge in [0, 0.05) is 18.8 Å². The minimum Gasteiger partial charge on any atom is -0.368 e. The zero-order valence-corrected chi connectivity index (χ0v) is 13.6. The summed E-state index contributed by atoms with van der Waals surface area (Å²) >= 11 is 0. The Morgan fingerprint density at radius 2 is 2.22 bits per heavy atom. The van der Waals surface area contributed by atoms with Crippen LogP contribution in [0.3, 0.4) is 0 Å². The predicted octanol–water partition coefficient (Wildman–Crippen LogP) is 3.25. The molecule has 4 nitrogen and oxygen atoms in total. The fourth-order valence-electron chi connectivity index (χ4n) is 3.23. The van der Waals surface area contributed by atoms with Gasteiger partial charge in [0.05, 0.1) is 0 Å². The summed E-state index contributed by atoms with van der Waals surface area (Å²) in [6.45, 7) is 2.58. The lowest BCUT2D eigenvalue weighted by atomic mass is 9.94. The van der Waals surface area contributed by atoms with E-state index >= 15 is 0 Å². The van der Waals surface area contributed by atoms with Crippen LogP contribution in [-0.4, -0.2) is 25.2 Å². The molecule has 1 aromatic carbocycles. The van der Waals surface area contributed by atoms with E-state index < -0.39 is 0 Å². The Hall–Kier alpha value is -1.65. The van der Waals surface area contributed by atoms with Crippen molar-refractivity contribution in [3.8, 4) is 0 Å². The molecule has 1 aromatic rings. The maximum Gasteiger partial charge on any atom is 0.253 e. The van der Waals surface area contributed by atoms with Gasteiger partial charge in [-0.05, 0) is 62.3 Å². The van der Waals surface area contributed by atoms with Crippen molar-refractivity contribution < 1.29 is 9.53 Å². The Balaban J connectivity index is 1.46. The highest BCUT2D eigenvalue weighted by Crippen LogP contribution is 2.18. The molecule has 0 saturated carbocycles. The Morgan fingerprint density at radius 1 is 1.26 bits per heavy atom. The van der Waals surface area contributed by atoms with Crippen LogP contribution in [0, 0.1) is 5.92 Å². The second-order valence-electron chi connectivity index (χ2n) is 6.47. The number of hydrogen-bond acceptors (Lipinski definition) is 3. The van der Waals surface area contributed by atoms with Gasteiger partial charge in [0.25, 0.3) is 5.91 Å². The minimum absolute atomic E-state index is 0.0263. The van der Waals surface area contributed by atoms with E-state index in [1.807, 2.05) is 18.2 Å². The topological polar surface area (TPSA) is 50.4 Å². The van der Waals surface area contributed by atoms with Gasteiger partial charge < -0.3 is 15.4 Å². The summed E-state index contributed by atoms with van der Waals surface area (Å²) in [6, 6.07) is 8.06. The lowest BCUT2D eigenvalue weighted by molar-refractivity contribution is -0.124. The van der Waals surface area contributed by atoms with E-state index in [1.165, 1.54) is 24.8 Å². The number of rotatable bonds is 6. The molecule has 23 heavy (non-hydrogen) atoms. The van der Waals surface area contributed by atoms with Crippen LogP contribution in [0.25, 0.3) is 0 Å². The van der Waals surface area contributed by atoms with Crippen LogP contribution < -0.4 is 10.6 Å². The van der Waals surface area contributed by atoms with Crippen molar-refractivity contribution >= 4 is 11.6 Å². The van der Waals surface area contributed by atoms with Gasteiger partial charge in [-0.3, -0.25) is 4.79 Å². The molecule has 2 N–H and O–H groups in total. The van der Waals surface area contributed by atoms with E-state index in [0.717, 1.165) is 37.5 Å². The maximum absolute atomic E-state index is 12.1. The van der Waals surface area contributed by atoms with Crippen molar-refractivity contribution in [1.29, 1.82) is 0 Å². The van der Waals surface area contributed by atoms with Gasteiger partial charge in [-0.25, -0.2) is 0 Å². The van der Waals surface area contributed by atoms with E-state index in [0.29, 0.717) is 6.61 Å². The first-order chi connectivity index (χ1) is 11.3. The molecule has 0 spiro atoms. The van der Waals surface area contributed by atoms with Crippen molar-refractivity contribution in [2.75, 3.05) is 18.5 Å². The summed E-state index contributed by atoms with van der Waals surface area (Å²) < 4.78 is 5.42. The molecule has 1 heterocycles. The summed E-state index contributed by atoms with van der Waals surface area (Å²) in [5.74, 6) is 0.726. The third-order valence-corrected chi connectivity index (χ3v) is 4.56. The monoisotopic (exact) mass is 314 g/mol. The molecular formula is C19H26N2O2. The van der Waals surface area contributed by atoms with Gasteiger partial charge in [-0.15, -0.1) is 0 Å². The normalized spacial score (nSPS) is 23.8. The Labute approximate surface area is 138 Å². The minimum atomic E-state index is -0.281. The Morgan fingerprint density at radius 3 is 3.00 bits per heavy atom. The molecule has 1 aliphatic heterocycles. The van der Waals surface area contributed by atoms with E-state index in [9.17, 15) is 4.79 Å². The van der Waals surface area contributed by atoms with Crippen molar-refractivity contribution in [3.63, 3.8) is 0 Å². The van der Waals surface area contributed by atoms with Gasteiger partial charge in [-0.2, -0.15) is 0 Å². The van der Waals surface area contributed by atoms with Crippen molar-refractivity contribution in [2.45, 2.75) is 44.8 Å². The van der Waals surface area contributed by atoms with Crippen molar-refractivity contribution in [1.82, 2.24) is 5.32 Å². The molecular weight excluding hydrogens is 288 g/mol. The third kappa shape index (κ3) is 4.91. The number of nitrogens with one attached hydrogen (secondary N) is 2. The van der Waals surface area contributed by atoms with Crippen LogP contribution in [0.4, 0.5) is 5.69 Å². The summed E-state index contributed by atoms with van der Waals surface area (Å²) in [5, 5.41) is 6.50. The summed E-state index contributed by atoms with van der Waals surface area (Å²) in [6.07, 6.45) is 9.74. The fraction of sp³-hybridized carbons (Fsp3) is 0.526. The predicted molar refractivity (Wildman–Crippen MR) is 92.2 cm³/mol. The number of carbonyl (C=O) groups excluding carboxylic acids is 1. The smallest absolute Gasteiger partial charge is 0.253 e. The van der Waals surface area contributed by atoms with Gasteiger partial charge in [-0.1, -0.05) is 24.3 Å². The number of carbonyl (C=O) groups is 1. The van der Waals surface area contributed by atoms with E-state index in [2.05, 4.69) is 28.9 Å². The first-order valence-corrected chi connectivity index (χ1v) is 8.68. The molecule has 124 valence electrons. The zero-order chi connectivity index (χ0) is 15.9. The molecule has 0 aromatic heterocycles. The summed E-state index contributed by atoms with van der Waals surface area (Å²) in [4.78, 5) is 12.1. The molecule has 1 amide bonds. The van der Waals surface area contributed by atoms with Crippen LogP contribution in [0.15, 0.2) is 36.4 Å². The second kappa shape index (κ2) is 8.27. The number of allylic oxidation sites excluding steroid dienone is 2. The summed E-state index contributed by atoms with van der Waals surface area (Å²) in [5.41, 5.74) is 2.05. The van der Waals surface area contributed by atoms with Crippen LogP contribution in [0.5, 0.6) is 0 Å². The van der Waals surface area contributed by atoms with Crippen LogP contribution in [0.1, 0.15) is 37.7 Å². The van der Waals surface area contributed by atoms with Crippen molar-refractivity contribution in [2.24, 2.45) is 5.92 Å². The highest BCUT2D eigenvalue weighted by atomic mass is 16.5. The van der Waals surface area contributed by atoms with Gasteiger partial charge in [0.2, 0.25) is 0 Å². The van der Waals surface area contributed by atoms with Crippen LogP contribution in [0.2, 0.25) is 0 Å². The zero-order valence-electron chi connectivity index (χ0n) is 13.6. The average molecular weight is 314 g/mol. The lowest BCUT2D eigenvalue weighted by Gasteiger charge is -2.18. The van der Waals surface area contributed by atoms with Crippen LogP contribution in [-0.2, 0) is 16.1 Å². The first kappa shape index (κ1) is 16.2. The standard InChI is InChI=1S/C19H26N2O2/c22-19(18-10-5-11-23-18)21-17-9-4-8-16(12-17)14-20-13-15-6-2-1-3-7-15/h1-2,4,8-9,12,15,18,20H,3,5-7,10-11,13-14H2,(H,21,22). The van der Waals surface area contributed by atoms with Gasteiger partial charge in [0.15, 0.2) is 0 Å².